The Hall–Kier alpha value is -2.30. The number of hydrogen-bond acceptors (Lipinski definition) is 5. The number of anilines is 2. The van der Waals surface area contributed by atoms with E-state index in [1.54, 1.807) is 7.11 Å². The average molecular weight is 270 g/mol. The second-order valence-corrected chi connectivity index (χ2v) is 4.90. The lowest BCUT2D eigenvalue weighted by molar-refractivity contribution is 0.400. The van der Waals surface area contributed by atoms with Crippen LogP contribution < -0.4 is 15.4 Å². The lowest BCUT2D eigenvalue weighted by Crippen LogP contribution is -2.23. The number of aromatic nitrogens is 2. The zero-order valence-corrected chi connectivity index (χ0v) is 11.5. The molecule has 2 aromatic heterocycles. The van der Waals surface area contributed by atoms with Crippen LogP contribution in [0.5, 0.6) is 5.88 Å². The minimum Gasteiger partial charge on any atom is -0.479 e. The fraction of sp³-hybridized carbons (Fsp3) is 0.333. The maximum absolute atomic E-state index is 5.83. The zero-order chi connectivity index (χ0) is 13.9. The number of hydrogen-bond donors (Lipinski definition) is 1. The van der Waals surface area contributed by atoms with Crippen molar-refractivity contribution in [1.29, 1.82) is 0 Å². The fourth-order valence-corrected chi connectivity index (χ4v) is 2.74. The van der Waals surface area contributed by atoms with Crippen molar-refractivity contribution in [2.45, 2.75) is 18.9 Å². The van der Waals surface area contributed by atoms with Gasteiger partial charge in [0.1, 0.15) is 5.82 Å². The van der Waals surface area contributed by atoms with E-state index in [1.165, 1.54) is 5.56 Å². The summed E-state index contributed by atoms with van der Waals surface area (Å²) in [5.41, 5.74) is 7.67. The zero-order valence-electron chi connectivity index (χ0n) is 11.5. The minimum absolute atomic E-state index is 0.346. The van der Waals surface area contributed by atoms with E-state index < -0.39 is 0 Å². The summed E-state index contributed by atoms with van der Waals surface area (Å²) in [6.45, 7) is 0.993. The highest BCUT2D eigenvalue weighted by atomic mass is 16.5. The summed E-state index contributed by atoms with van der Waals surface area (Å²) in [6, 6.07) is 8.29. The molecule has 1 aliphatic heterocycles. The smallest absolute Gasteiger partial charge is 0.238 e. The van der Waals surface area contributed by atoms with E-state index in [2.05, 4.69) is 27.0 Å². The van der Waals surface area contributed by atoms with E-state index in [-0.39, 0.29) is 0 Å². The number of pyridine rings is 2. The molecule has 1 fully saturated rings. The first kappa shape index (κ1) is 12.7. The van der Waals surface area contributed by atoms with Crippen molar-refractivity contribution in [2.24, 2.45) is 0 Å². The van der Waals surface area contributed by atoms with Gasteiger partial charge in [0.15, 0.2) is 0 Å². The molecule has 0 radical (unpaired) electrons. The quantitative estimate of drug-likeness (QED) is 0.927. The van der Waals surface area contributed by atoms with Crippen molar-refractivity contribution in [3.05, 3.63) is 42.2 Å². The van der Waals surface area contributed by atoms with Crippen LogP contribution in [0.15, 0.2) is 36.7 Å². The topological polar surface area (TPSA) is 64.3 Å². The summed E-state index contributed by atoms with van der Waals surface area (Å²) < 4.78 is 5.21. The van der Waals surface area contributed by atoms with Gasteiger partial charge < -0.3 is 15.4 Å². The van der Waals surface area contributed by atoms with Crippen LogP contribution in [0.2, 0.25) is 0 Å². The van der Waals surface area contributed by atoms with Gasteiger partial charge in [0.2, 0.25) is 5.88 Å². The highest BCUT2D eigenvalue weighted by Crippen LogP contribution is 2.36. The third-order valence-electron chi connectivity index (χ3n) is 3.71. The predicted molar refractivity (Wildman–Crippen MR) is 78.8 cm³/mol. The van der Waals surface area contributed by atoms with Gasteiger partial charge in [0.05, 0.1) is 18.8 Å². The van der Waals surface area contributed by atoms with Crippen molar-refractivity contribution in [3.8, 4) is 5.88 Å². The van der Waals surface area contributed by atoms with E-state index in [4.69, 9.17) is 10.5 Å². The van der Waals surface area contributed by atoms with Crippen LogP contribution in [0.25, 0.3) is 0 Å². The van der Waals surface area contributed by atoms with Crippen molar-refractivity contribution < 1.29 is 4.74 Å². The second-order valence-electron chi connectivity index (χ2n) is 4.90. The van der Waals surface area contributed by atoms with Crippen LogP contribution in [-0.2, 0) is 0 Å². The standard InChI is InChI=1S/C15H18N4O/c1-20-15-12(16)4-5-14(18-15)19-10-2-3-13(19)11-6-8-17-9-7-11/h4-9,13H,2-3,10,16H2,1H3. The van der Waals surface area contributed by atoms with E-state index >= 15 is 0 Å². The molecule has 1 saturated heterocycles. The van der Waals surface area contributed by atoms with E-state index in [0.29, 0.717) is 17.6 Å². The number of nitrogen functional groups attached to an aromatic ring is 1. The molecule has 3 rings (SSSR count). The van der Waals surface area contributed by atoms with Gasteiger partial charge in [-0.25, -0.2) is 0 Å². The SMILES string of the molecule is COc1nc(N2CCCC2c2ccncc2)ccc1N. The van der Waals surface area contributed by atoms with Gasteiger partial charge in [-0.15, -0.1) is 0 Å². The second kappa shape index (κ2) is 5.36. The molecule has 5 heteroatoms. The van der Waals surface area contributed by atoms with Crippen molar-refractivity contribution in [1.82, 2.24) is 9.97 Å². The Morgan fingerprint density at radius 1 is 1.25 bits per heavy atom. The molecule has 0 bridgehead atoms. The summed E-state index contributed by atoms with van der Waals surface area (Å²) in [5.74, 6) is 1.40. The Balaban J connectivity index is 1.93. The van der Waals surface area contributed by atoms with Gasteiger partial charge in [-0.3, -0.25) is 4.98 Å². The van der Waals surface area contributed by atoms with Gasteiger partial charge in [-0.1, -0.05) is 0 Å². The summed E-state index contributed by atoms with van der Waals surface area (Å²) >= 11 is 0. The van der Waals surface area contributed by atoms with Gasteiger partial charge in [-0.05, 0) is 42.7 Å². The maximum atomic E-state index is 5.83. The van der Waals surface area contributed by atoms with Crippen LogP contribution in [0.4, 0.5) is 11.5 Å². The first-order chi connectivity index (χ1) is 9.79. The third-order valence-corrected chi connectivity index (χ3v) is 3.71. The molecule has 5 nitrogen and oxygen atoms in total. The first-order valence-electron chi connectivity index (χ1n) is 6.76. The number of nitrogens with zero attached hydrogens (tertiary/aromatic N) is 3. The lowest BCUT2D eigenvalue weighted by atomic mass is 10.1. The monoisotopic (exact) mass is 270 g/mol. The molecule has 1 atom stereocenters. The summed E-state index contributed by atoms with van der Waals surface area (Å²) in [4.78, 5) is 10.9. The van der Waals surface area contributed by atoms with Crippen molar-refractivity contribution in [3.63, 3.8) is 0 Å². The number of ether oxygens (including phenoxy) is 1. The molecular formula is C15H18N4O. The highest BCUT2D eigenvalue weighted by molar-refractivity contribution is 5.55. The highest BCUT2D eigenvalue weighted by Gasteiger charge is 2.27. The molecule has 0 amide bonds. The Bertz CT molecular complexity index is 588. The average Bonchev–Trinajstić information content (AvgIpc) is 2.98. The normalized spacial score (nSPS) is 18.2. The van der Waals surface area contributed by atoms with Crippen LogP contribution in [0.1, 0.15) is 24.4 Å². The van der Waals surface area contributed by atoms with Crippen LogP contribution in [0, 0.1) is 0 Å². The van der Waals surface area contributed by atoms with Gasteiger partial charge >= 0.3 is 0 Å². The molecule has 0 aromatic carbocycles. The summed E-state index contributed by atoms with van der Waals surface area (Å²) in [5, 5.41) is 0. The van der Waals surface area contributed by atoms with E-state index in [0.717, 1.165) is 25.2 Å². The first-order valence-corrected chi connectivity index (χ1v) is 6.76. The number of methoxy groups -OCH3 is 1. The van der Waals surface area contributed by atoms with Gasteiger partial charge in [0.25, 0.3) is 0 Å². The van der Waals surface area contributed by atoms with Crippen molar-refractivity contribution in [2.75, 3.05) is 24.3 Å². The van der Waals surface area contributed by atoms with E-state index in [1.807, 2.05) is 24.5 Å². The molecule has 1 unspecified atom stereocenters. The molecule has 2 N–H and O–H groups in total. The molecule has 20 heavy (non-hydrogen) atoms. The molecule has 1 aliphatic rings. The summed E-state index contributed by atoms with van der Waals surface area (Å²) in [7, 11) is 1.59. The van der Waals surface area contributed by atoms with Crippen LogP contribution in [-0.4, -0.2) is 23.6 Å². The number of rotatable bonds is 3. The maximum Gasteiger partial charge on any atom is 0.238 e. The van der Waals surface area contributed by atoms with Gasteiger partial charge in [0, 0.05) is 18.9 Å². The molecule has 0 aliphatic carbocycles. The Labute approximate surface area is 118 Å². The van der Waals surface area contributed by atoms with Crippen LogP contribution in [0.3, 0.4) is 0 Å². The largest absolute Gasteiger partial charge is 0.479 e. The third kappa shape index (κ3) is 2.27. The molecule has 3 heterocycles. The molecular weight excluding hydrogens is 252 g/mol. The molecule has 104 valence electrons. The Kier molecular flexibility index (Phi) is 3.41. The lowest BCUT2D eigenvalue weighted by Gasteiger charge is -2.26. The van der Waals surface area contributed by atoms with Crippen LogP contribution >= 0.6 is 0 Å². The minimum atomic E-state index is 0.346. The van der Waals surface area contributed by atoms with Crippen molar-refractivity contribution >= 4 is 11.5 Å². The summed E-state index contributed by atoms with van der Waals surface area (Å²) in [6.07, 6.45) is 5.95. The molecule has 0 saturated carbocycles. The Morgan fingerprint density at radius 2 is 2.05 bits per heavy atom. The number of nitrogens with two attached hydrogens (primary N) is 1. The predicted octanol–water partition coefficient (Wildman–Crippen LogP) is 2.41. The van der Waals surface area contributed by atoms with E-state index in [9.17, 15) is 0 Å². The fourth-order valence-electron chi connectivity index (χ4n) is 2.74. The molecule has 0 spiro atoms. The molecule has 2 aromatic rings. The van der Waals surface area contributed by atoms with Gasteiger partial charge in [-0.2, -0.15) is 4.98 Å². The Morgan fingerprint density at radius 3 is 2.80 bits per heavy atom.